The van der Waals surface area contributed by atoms with E-state index in [0.29, 0.717) is 23.7 Å². The molecule has 2 amide bonds. The second-order valence-corrected chi connectivity index (χ2v) is 10.5. The Morgan fingerprint density at radius 3 is 2.27 bits per heavy atom. The third-order valence-corrected chi connectivity index (χ3v) is 7.26. The normalized spacial score (nSPS) is 11.6. The van der Waals surface area contributed by atoms with Crippen LogP contribution in [0.4, 0.5) is 0 Å². The van der Waals surface area contributed by atoms with Crippen molar-refractivity contribution >= 4 is 39.3 Å². The van der Waals surface area contributed by atoms with Crippen LogP contribution in [0.25, 0.3) is 0 Å². The van der Waals surface area contributed by atoms with Crippen molar-refractivity contribution in [3.8, 4) is 5.75 Å². The van der Waals surface area contributed by atoms with Crippen LogP contribution in [0.15, 0.2) is 71.2 Å². The first-order valence-electron chi connectivity index (χ1n) is 12.5. The van der Waals surface area contributed by atoms with Gasteiger partial charge in [0, 0.05) is 29.0 Å². The molecule has 0 fully saturated rings. The summed E-state index contributed by atoms with van der Waals surface area (Å²) < 4.78 is 6.86. The van der Waals surface area contributed by atoms with Crippen molar-refractivity contribution in [3.05, 3.63) is 98.5 Å². The lowest BCUT2D eigenvalue weighted by Crippen LogP contribution is -2.51. The number of hydrogen-bond donors (Lipinski definition) is 1. The van der Waals surface area contributed by atoms with E-state index < -0.39 is 6.04 Å². The van der Waals surface area contributed by atoms with Gasteiger partial charge >= 0.3 is 0 Å². The number of rotatable bonds is 12. The van der Waals surface area contributed by atoms with E-state index in [4.69, 9.17) is 16.3 Å². The highest BCUT2D eigenvalue weighted by Crippen LogP contribution is 2.26. The summed E-state index contributed by atoms with van der Waals surface area (Å²) in [5, 5.41) is 3.72. The smallest absolute Gasteiger partial charge is 0.261 e. The number of hydrogen-bond acceptors (Lipinski definition) is 3. The molecule has 0 bridgehead atoms. The van der Waals surface area contributed by atoms with Gasteiger partial charge in [-0.2, -0.15) is 0 Å². The van der Waals surface area contributed by atoms with Gasteiger partial charge in [-0.25, -0.2) is 0 Å². The number of nitrogens with one attached hydrogen (secondary N) is 1. The molecule has 3 rings (SSSR count). The summed E-state index contributed by atoms with van der Waals surface area (Å²) in [4.78, 5) is 28.8. The van der Waals surface area contributed by atoms with E-state index in [2.05, 4.69) is 28.2 Å². The van der Waals surface area contributed by atoms with Crippen molar-refractivity contribution < 1.29 is 14.3 Å². The second-order valence-electron chi connectivity index (χ2n) is 9.16. The molecule has 0 saturated heterocycles. The van der Waals surface area contributed by atoms with Crippen molar-refractivity contribution in [1.82, 2.24) is 10.2 Å². The molecule has 1 N–H and O–H groups in total. The molecule has 0 aliphatic rings. The predicted molar refractivity (Wildman–Crippen MR) is 153 cm³/mol. The molecule has 0 unspecified atom stereocenters. The summed E-state index contributed by atoms with van der Waals surface area (Å²) in [5.74, 6) is 0.143. The van der Waals surface area contributed by atoms with E-state index in [1.165, 1.54) is 0 Å². The Bertz CT molecular complexity index is 1160. The van der Waals surface area contributed by atoms with Gasteiger partial charge < -0.3 is 15.0 Å². The van der Waals surface area contributed by atoms with Crippen molar-refractivity contribution in [2.75, 3.05) is 13.2 Å². The number of halogens is 2. The van der Waals surface area contributed by atoms with Crippen LogP contribution in [0.2, 0.25) is 5.02 Å². The molecule has 0 aliphatic carbocycles. The van der Waals surface area contributed by atoms with Gasteiger partial charge in [-0.3, -0.25) is 9.59 Å². The van der Waals surface area contributed by atoms with Crippen molar-refractivity contribution in [2.24, 2.45) is 0 Å². The van der Waals surface area contributed by atoms with Gasteiger partial charge in [0.2, 0.25) is 5.91 Å². The molecule has 0 aromatic heterocycles. The SMILES string of the molecule is CCCCNC(=O)[C@H](Cc1ccccc1)N(Cc1ccc(Br)cc1)C(=O)COc1cc(C)c(Cl)c(C)c1. The number of unbranched alkanes of at least 4 members (excludes halogenated alkanes) is 1. The number of benzene rings is 3. The highest BCUT2D eigenvalue weighted by Gasteiger charge is 2.30. The third-order valence-electron chi connectivity index (χ3n) is 6.14. The van der Waals surface area contributed by atoms with Gasteiger partial charge in [-0.1, -0.05) is 83.3 Å². The maximum absolute atomic E-state index is 13.7. The molecule has 0 aliphatic heterocycles. The van der Waals surface area contributed by atoms with Crippen LogP contribution in [-0.2, 0) is 22.6 Å². The van der Waals surface area contributed by atoms with Crippen LogP contribution in [0.3, 0.4) is 0 Å². The summed E-state index contributed by atoms with van der Waals surface area (Å²) >= 11 is 9.76. The minimum absolute atomic E-state index is 0.166. The summed E-state index contributed by atoms with van der Waals surface area (Å²) in [5.41, 5.74) is 3.67. The predicted octanol–water partition coefficient (Wildman–Crippen LogP) is 6.65. The molecule has 0 heterocycles. The first-order chi connectivity index (χ1) is 17.8. The highest BCUT2D eigenvalue weighted by atomic mass is 79.9. The molecule has 37 heavy (non-hydrogen) atoms. The zero-order chi connectivity index (χ0) is 26.8. The highest BCUT2D eigenvalue weighted by molar-refractivity contribution is 9.10. The van der Waals surface area contributed by atoms with E-state index in [1.807, 2.05) is 80.6 Å². The van der Waals surface area contributed by atoms with Crippen LogP contribution < -0.4 is 10.1 Å². The number of ether oxygens (including phenoxy) is 1. The van der Waals surface area contributed by atoms with E-state index in [9.17, 15) is 9.59 Å². The van der Waals surface area contributed by atoms with Crippen LogP contribution in [0, 0.1) is 13.8 Å². The molecule has 0 radical (unpaired) electrons. The van der Waals surface area contributed by atoms with Crippen molar-refractivity contribution in [1.29, 1.82) is 0 Å². The van der Waals surface area contributed by atoms with Gasteiger partial charge in [0.25, 0.3) is 5.91 Å². The molecule has 3 aromatic carbocycles. The topological polar surface area (TPSA) is 58.6 Å². The van der Waals surface area contributed by atoms with E-state index >= 15 is 0 Å². The molecule has 7 heteroatoms. The summed E-state index contributed by atoms with van der Waals surface area (Å²) in [6.07, 6.45) is 2.25. The first-order valence-corrected chi connectivity index (χ1v) is 13.7. The Balaban J connectivity index is 1.89. The van der Waals surface area contributed by atoms with Crippen LogP contribution in [0.1, 0.15) is 42.0 Å². The lowest BCUT2D eigenvalue weighted by Gasteiger charge is -2.31. The van der Waals surface area contributed by atoms with Crippen LogP contribution in [-0.4, -0.2) is 35.9 Å². The zero-order valence-corrected chi connectivity index (χ0v) is 23.9. The van der Waals surface area contributed by atoms with Gasteiger partial charge in [0.1, 0.15) is 11.8 Å². The molecular formula is C30H34BrClN2O3. The summed E-state index contributed by atoms with van der Waals surface area (Å²) in [6, 6.07) is 20.5. The quantitative estimate of drug-likeness (QED) is 0.242. The fourth-order valence-corrected chi connectivity index (χ4v) is 4.44. The minimum atomic E-state index is -0.687. The van der Waals surface area contributed by atoms with Gasteiger partial charge in [0.15, 0.2) is 6.61 Å². The monoisotopic (exact) mass is 584 g/mol. The maximum Gasteiger partial charge on any atom is 0.261 e. The summed E-state index contributed by atoms with van der Waals surface area (Å²) in [7, 11) is 0. The molecule has 196 valence electrons. The van der Waals surface area contributed by atoms with E-state index in [0.717, 1.165) is 39.6 Å². The standard InChI is InChI=1S/C30H34BrClN2O3/c1-4-5-15-33-30(36)27(18-23-9-7-6-8-10-23)34(19-24-11-13-25(31)14-12-24)28(35)20-37-26-16-21(2)29(32)22(3)17-26/h6-14,16-17,27H,4-5,15,18-20H2,1-3H3,(H,33,36)/t27-/m0/s1. The number of carbonyl (C=O) groups excluding carboxylic acids is 2. The zero-order valence-electron chi connectivity index (χ0n) is 21.6. The Morgan fingerprint density at radius 1 is 1.00 bits per heavy atom. The maximum atomic E-state index is 13.7. The lowest BCUT2D eigenvalue weighted by atomic mass is 10.0. The first kappa shape index (κ1) is 28.7. The Kier molecular flexibility index (Phi) is 11.0. The van der Waals surface area contributed by atoms with Gasteiger partial charge in [0.05, 0.1) is 0 Å². The minimum Gasteiger partial charge on any atom is -0.484 e. The molecular weight excluding hydrogens is 552 g/mol. The Morgan fingerprint density at radius 2 is 1.65 bits per heavy atom. The molecule has 0 saturated carbocycles. The average Bonchev–Trinajstić information content (AvgIpc) is 2.89. The van der Waals surface area contributed by atoms with Gasteiger partial charge in [-0.05, 0) is 66.8 Å². The van der Waals surface area contributed by atoms with Crippen molar-refractivity contribution in [2.45, 2.75) is 52.6 Å². The third kappa shape index (κ3) is 8.61. The molecule has 5 nitrogen and oxygen atoms in total. The number of amides is 2. The number of nitrogens with zero attached hydrogens (tertiary/aromatic N) is 1. The van der Waals surface area contributed by atoms with E-state index in [-0.39, 0.29) is 25.0 Å². The van der Waals surface area contributed by atoms with Crippen molar-refractivity contribution in [3.63, 3.8) is 0 Å². The van der Waals surface area contributed by atoms with Crippen LogP contribution >= 0.6 is 27.5 Å². The Hall–Kier alpha value is -2.83. The van der Waals surface area contributed by atoms with Crippen LogP contribution in [0.5, 0.6) is 5.75 Å². The molecule has 0 spiro atoms. The Labute approximate surface area is 233 Å². The summed E-state index contributed by atoms with van der Waals surface area (Å²) in [6.45, 7) is 6.55. The second kappa shape index (κ2) is 14.2. The lowest BCUT2D eigenvalue weighted by molar-refractivity contribution is -0.142. The number of aryl methyl sites for hydroxylation is 2. The largest absolute Gasteiger partial charge is 0.484 e. The average molecular weight is 586 g/mol. The molecule has 3 aromatic rings. The fourth-order valence-electron chi connectivity index (χ4n) is 4.06. The van der Waals surface area contributed by atoms with E-state index in [1.54, 1.807) is 4.90 Å². The van der Waals surface area contributed by atoms with Gasteiger partial charge in [-0.15, -0.1) is 0 Å². The number of carbonyl (C=O) groups is 2. The molecule has 1 atom stereocenters. The fraction of sp³-hybridized carbons (Fsp3) is 0.333.